The molecule has 1 saturated heterocycles. The van der Waals surface area contributed by atoms with Crippen LogP contribution in [0.4, 0.5) is 5.82 Å². The highest BCUT2D eigenvalue weighted by molar-refractivity contribution is 7.88. The monoisotopic (exact) mass is 350 g/mol. The zero-order valence-electron chi connectivity index (χ0n) is 13.9. The number of nitrogens with one attached hydrogen (secondary N) is 1. The van der Waals surface area contributed by atoms with Gasteiger partial charge < -0.3 is 10.0 Å². The second-order valence-corrected chi connectivity index (χ2v) is 8.23. The van der Waals surface area contributed by atoms with Crippen molar-refractivity contribution in [2.45, 2.75) is 19.8 Å². The molecule has 0 aliphatic carbocycles. The lowest BCUT2D eigenvalue weighted by Gasteiger charge is -2.34. The number of hydrogen-bond acceptors (Lipinski definition) is 6. The van der Waals surface area contributed by atoms with E-state index >= 15 is 0 Å². The fourth-order valence-corrected chi connectivity index (χ4v) is 3.69. The molecule has 0 amide bonds. The molecule has 2 N–H and O–H groups in total. The SMILES string of the molecule is Cc1ccc2ncnc(N3CCCC(CNS(C)(=O)=O)C3)c2c1O. The number of rotatable bonds is 4. The number of nitrogens with zero attached hydrogens (tertiary/aromatic N) is 3. The van der Waals surface area contributed by atoms with E-state index in [0.29, 0.717) is 29.8 Å². The number of aromatic hydroxyl groups is 1. The van der Waals surface area contributed by atoms with E-state index in [1.165, 1.54) is 12.6 Å². The molecule has 2 aromatic rings. The minimum Gasteiger partial charge on any atom is -0.507 e. The Bertz CT molecular complexity index is 854. The first kappa shape index (κ1) is 16.9. The van der Waals surface area contributed by atoms with Crippen LogP contribution >= 0.6 is 0 Å². The maximum absolute atomic E-state index is 11.3. The predicted molar refractivity (Wildman–Crippen MR) is 93.7 cm³/mol. The molecular formula is C16H22N4O3S. The number of sulfonamides is 1. The van der Waals surface area contributed by atoms with Gasteiger partial charge in [0.05, 0.1) is 17.2 Å². The highest BCUT2D eigenvalue weighted by atomic mass is 32.2. The molecule has 8 heteroatoms. The fourth-order valence-electron chi connectivity index (χ4n) is 3.16. The topological polar surface area (TPSA) is 95.4 Å². The van der Waals surface area contributed by atoms with Gasteiger partial charge in [-0.15, -0.1) is 0 Å². The maximum Gasteiger partial charge on any atom is 0.208 e. The van der Waals surface area contributed by atoms with Crippen LogP contribution in [-0.2, 0) is 10.0 Å². The Labute approximate surface area is 141 Å². The Morgan fingerprint density at radius 1 is 1.38 bits per heavy atom. The van der Waals surface area contributed by atoms with Crippen molar-refractivity contribution < 1.29 is 13.5 Å². The largest absolute Gasteiger partial charge is 0.507 e. The van der Waals surface area contributed by atoms with Crippen molar-refractivity contribution in [1.82, 2.24) is 14.7 Å². The van der Waals surface area contributed by atoms with Gasteiger partial charge in [0.15, 0.2) is 0 Å². The van der Waals surface area contributed by atoms with Crippen molar-refractivity contribution in [2.75, 3.05) is 30.8 Å². The molecule has 24 heavy (non-hydrogen) atoms. The van der Waals surface area contributed by atoms with Crippen LogP contribution in [0, 0.1) is 12.8 Å². The van der Waals surface area contributed by atoms with E-state index in [-0.39, 0.29) is 11.7 Å². The number of fused-ring (bicyclic) bond motifs is 1. The Morgan fingerprint density at radius 2 is 2.17 bits per heavy atom. The van der Waals surface area contributed by atoms with Crippen LogP contribution in [0.5, 0.6) is 5.75 Å². The maximum atomic E-state index is 11.3. The van der Waals surface area contributed by atoms with Crippen LogP contribution in [0.2, 0.25) is 0 Å². The number of aryl methyl sites for hydroxylation is 1. The summed E-state index contributed by atoms with van der Waals surface area (Å²) >= 11 is 0. The first-order chi connectivity index (χ1) is 11.3. The van der Waals surface area contributed by atoms with Gasteiger partial charge >= 0.3 is 0 Å². The molecule has 130 valence electrons. The Balaban J connectivity index is 1.89. The average Bonchev–Trinajstić information content (AvgIpc) is 2.55. The molecule has 3 rings (SSSR count). The standard InChI is InChI=1S/C16H22N4O3S/c1-11-5-6-13-14(15(11)21)16(18-10-17-13)20-7-3-4-12(9-20)8-19-24(2,22)23/h5-6,10,12,19,21H,3-4,7-9H2,1-2H3. The van der Waals surface area contributed by atoms with Gasteiger partial charge in [0.2, 0.25) is 10.0 Å². The van der Waals surface area contributed by atoms with Crippen molar-refractivity contribution in [3.05, 3.63) is 24.0 Å². The van der Waals surface area contributed by atoms with Crippen molar-refractivity contribution >= 4 is 26.7 Å². The minimum absolute atomic E-state index is 0.208. The predicted octanol–water partition coefficient (Wildman–Crippen LogP) is 1.41. The summed E-state index contributed by atoms with van der Waals surface area (Å²) < 4.78 is 25.2. The number of hydrogen-bond donors (Lipinski definition) is 2. The van der Waals surface area contributed by atoms with Gasteiger partial charge in [0.1, 0.15) is 17.9 Å². The van der Waals surface area contributed by atoms with E-state index in [9.17, 15) is 13.5 Å². The zero-order valence-corrected chi connectivity index (χ0v) is 14.7. The van der Waals surface area contributed by atoms with Crippen LogP contribution in [-0.4, -0.2) is 49.4 Å². The van der Waals surface area contributed by atoms with Gasteiger partial charge in [-0.1, -0.05) is 6.07 Å². The van der Waals surface area contributed by atoms with E-state index in [2.05, 4.69) is 19.6 Å². The normalized spacial score (nSPS) is 18.9. The van der Waals surface area contributed by atoms with Gasteiger partial charge in [-0.05, 0) is 37.3 Å². The molecule has 1 unspecified atom stereocenters. The number of phenolic OH excluding ortho intramolecular Hbond substituents is 1. The van der Waals surface area contributed by atoms with Gasteiger partial charge in [-0.3, -0.25) is 0 Å². The smallest absolute Gasteiger partial charge is 0.208 e. The van der Waals surface area contributed by atoms with Crippen LogP contribution in [0.1, 0.15) is 18.4 Å². The molecule has 1 atom stereocenters. The Hall–Kier alpha value is -1.93. The molecule has 0 radical (unpaired) electrons. The molecule has 1 fully saturated rings. The summed E-state index contributed by atoms with van der Waals surface area (Å²) in [6.45, 7) is 3.79. The summed E-state index contributed by atoms with van der Waals surface area (Å²) in [7, 11) is -3.19. The number of aromatic nitrogens is 2. The van der Waals surface area contributed by atoms with Crippen LogP contribution < -0.4 is 9.62 Å². The second kappa shape index (κ2) is 6.52. The highest BCUT2D eigenvalue weighted by Crippen LogP contribution is 2.35. The second-order valence-electron chi connectivity index (χ2n) is 6.40. The number of phenols is 1. The molecule has 2 heterocycles. The molecule has 7 nitrogen and oxygen atoms in total. The van der Waals surface area contributed by atoms with Crippen LogP contribution in [0.3, 0.4) is 0 Å². The van der Waals surface area contributed by atoms with Crippen molar-refractivity contribution in [1.29, 1.82) is 0 Å². The Morgan fingerprint density at radius 3 is 2.92 bits per heavy atom. The fraction of sp³-hybridized carbons (Fsp3) is 0.500. The average molecular weight is 350 g/mol. The van der Waals surface area contributed by atoms with Crippen LogP contribution in [0.25, 0.3) is 10.9 Å². The summed E-state index contributed by atoms with van der Waals surface area (Å²) in [5.74, 6) is 1.13. The van der Waals surface area contributed by atoms with Gasteiger partial charge in [-0.2, -0.15) is 0 Å². The molecule has 0 saturated carbocycles. The Kier molecular flexibility index (Phi) is 4.60. The molecule has 1 aromatic carbocycles. The van der Waals surface area contributed by atoms with Crippen LogP contribution in [0.15, 0.2) is 18.5 Å². The molecule has 0 bridgehead atoms. The van der Waals surface area contributed by atoms with E-state index in [0.717, 1.165) is 24.9 Å². The third-order valence-electron chi connectivity index (χ3n) is 4.41. The minimum atomic E-state index is -3.19. The molecule has 1 aromatic heterocycles. The van der Waals surface area contributed by atoms with E-state index in [1.54, 1.807) is 0 Å². The van der Waals surface area contributed by atoms with E-state index < -0.39 is 10.0 Å². The lowest BCUT2D eigenvalue weighted by molar-refractivity contribution is 0.410. The van der Waals surface area contributed by atoms with Gasteiger partial charge in [0.25, 0.3) is 0 Å². The number of piperidine rings is 1. The summed E-state index contributed by atoms with van der Waals surface area (Å²) in [5, 5.41) is 11.1. The summed E-state index contributed by atoms with van der Waals surface area (Å²) in [4.78, 5) is 10.7. The third-order valence-corrected chi connectivity index (χ3v) is 5.10. The van der Waals surface area contributed by atoms with E-state index in [1.807, 2.05) is 19.1 Å². The van der Waals surface area contributed by atoms with Gasteiger partial charge in [-0.25, -0.2) is 23.1 Å². The molecule has 0 spiro atoms. The number of benzene rings is 1. The first-order valence-corrected chi connectivity index (χ1v) is 9.87. The van der Waals surface area contributed by atoms with Crippen molar-refractivity contribution in [3.63, 3.8) is 0 Å². The summed E-state index contributed by atoms with van der Waals surface area (Å²) in [6, 6.07) is 3.71. The first-order valence-electron chi connectivity index (χ1n) is 7.98. The zero-order chi connectivity index (χ0) is 17.3. The molecular weight excluding hydrogens is 328 g/mol. The lowest BCUT2D eigenvalue weighted by Crippen LogP contribution is -2.41. The van der Waals surface area contributed by atoms with E-state index in [4.69, 9.17) is 0 Å². The number of anilines is 1. The summed E-state index contributed by atoms with van der Waals surface area (Å²) in [5.41, 5.74) is 1.49. The quantitative estimate of drug-likeness (QED) is 0.866. The summed E-state index contributed by atoms with van der Waals surface area (Å²) in [6.07, 6.45) is 4.60. The lowest BCUT2D eigenvalue weighted by atomic mass is 9.98. The third kappa shape index (κ3) is 3.59. The molecule has 1 aliphatic rings. The van der Waals surface area contributed by atoms with Crippen molar-refractivity contribution in [2.24, 2.45) is 5.92 Å². The van der Waals surface area contributed by atoms with Gasteiger partial charge in [0, 0.05) is 19.6 Å². The molecule has 1 aliphatic heterocycles. The van der Waals surface area contributed by atoms with Crippen molar-refractivity contribution in [3.8, 4) is 5.75 Å². The highest BCUT2D eigenvalue weighted by Gasteiger charge is 2.24.